The number of nitrogens with one attached hydrogen (secondary N) is 1. The number of rotatable bonds is 4. The van der Waals surface area contributed by atoms with Crippen LogP contribution in [0.1, 0.15) is 50.8 Å². The predicted octanol–water partition coefficient (Wildman–Crippen LogP) is 1.39. The maximum atomic E-state index is 12.3. The molecule has 0 amide bonds. The van der Waals surface area contributed by atoms with Crippen molar-refractivity contribution in [2.75, 3.05) is 6.54 Å². The monoisotopic (exact) mass is 276 g/mol. The van der Waals surface area contributed by atoms with E-state index in [4.69, 9.17) is 5.73 Å². The molecule has 0 aliphatic heterocycles. The normalized spacial score (nSPS) is 38.5. The summed E-state index contributed by atoms with van der Waals surface area (Å²) in [5, 5.41) is 6.97. The summed E-state index contributed by atoms with van der Waals surface area (Å²) < 4.78 is 2.03. The summed E-state index contributed by atoms with van der Waals surface area (Å²) in [6.45, 7) is 0.655. The van der Waals surface area contributed by atoms with Gasteiger partial charge in [-0.25, -0.2) is 9.89 Å². The second-order valence-corrected chi connectivity index (χ2v) is 7.31. The number of aromatic amines is 1. The zero-order chi connectivity index (χ0) is 13.7. The first-order valence-corrected chi connectivity index (χ1v) is 8.07. The molecule has 1 heterocycles. The first-order valence-electron chi connectivity index (χ1n) is 8.07. The van der Waals surface area contributed by atoms with Crippen LogP contribution in [0, 0.1) is 17.8 Å². The van der Waals surface area contributed by atoms with Crippen LogP contribution >= 0.6 is 0 Å². The third-order valence-corrected chi connectivity index (χ3v) is 5.83. The third-order valence-electron chi connectivity index (χ3n) is 5.83. The van der Waals surface area contributed by atoms with Crippen molar-refractivity contribution in [3.8, 4) is 0 Å². The highest BCUT2D eigenvalue weighted by atomic mass is 16.1. The van der Waals surface area contributed by atoms with E-state index < -0.39 is 0 Å². The highest BCUT2D eigenvalue weighted by molar-refractivity contribution is 5.08. The summed E-state index contributed by atoms with van der Waals surface area (Å²) in [4.78, 5) is 12.3. The Morgan fingerprint density at radius 2 is 1.80 bits per heavy atom. The molecule has 5 heteroatoms. The lowest BCUT2D eigenvalue weighted by Gasteiger charge is -2.57. The smallest absolute Gasteiger partial charge is 0.330 e. The SMILES string of the molecule is NCCCc1n[nH]c(=O)n1C12CC3CC(CC(C3)C1)C2. The summed E-state index contributed by atoms with van der Waals surface area (Å²) in [6, 6.07) is 0. The van der Waals surface area contributed by atoms with E-state index in [2.05, 4.69) is 10.2 Å². The van der Waals surface area contributed by atoms with Crippen LogP contribution in [0.5, 0.6) is 0 Å². The number of nitrogens with zero attached hydrogens (tertiary/aromatic N) is 2. The molecular formula is C15H24N4O. The molecule has 0 saturated heterocycles. The summed E-state index contributed by atoms with van der Waals surface area (Å²) in [7, 11) is 0. The molecule has 0 unspecified atom stereocenters. The molecule has 1 aromatic heterocycles. The second kappa shape index (κ2) is 4.45. The minimum atomic E-state index is -0.000952. The molecule has 5 nitrogen and oxygen atoms in total. The molecule has 20 heavy (non-hydrogen) atoms. The van der Waals surface area contributed by atoms with Crippen LogP contribution in [0.4, 0.5) is 0 Å². The van der Waals surface area contributed by atoms with Crippen LogP contribution in [0.3, 0.4) is 0 Å². The lowest BCUT2D eigenvalue weighted by atomic mass is 9.53. The van der Waals surface area contributed by atoms with E-state index in [1.54, 1.807) is 0 Å². The van der Waals surface area contributed by atoms with Gasteiger partial charge in [-0.2, -0.15) is 5.10 Å². The first-order chi connectivity index (χ1) is 9.70. The Labute approximate surface area is 118 Å². The zero-order valence-corrected chi connectivity index (χ0v) is 12.0. The largest absolute Gasteiger partial charge is 0.343 e. The quantitative estimate of drug-likeness (QED) is 0.872. The zero-order valence-electron chi connectivity index (χ0n) is 12.0. The van der Waals surface area contributed by atoms with Gasteiger partial charge in [0.2, 0.25) is 0 Å². The van der Waals surface area contributed by atoms with E-state index in [-0.39, 0.29) is 11.2 Å². The van der Waals surface area contributed by atoms with Gasteiger partial charge in [0.15, 0.2) is 0 Å². The minimum Gasteiger partial charge on any atom is -0.330 e. The number of nitrogens with two attached hydrogens (primary N) is 1. The van der Waals surface area contributed by atoms with Crippen molar-refractivity contribution in [1.82, 2.24) is 14.8 Å². The molecule has 3 N–H and O–H groups in total. The first kappa shape index (κ1) is 12.6. The van der Waals surface area contributed by atoms with Gasteiger partial charge in [-0.05, 0) is 69.2 Å². The van der Waals surface area contributed by atoms with Gasteiger partial charge >= 0.3 is 5.69 Å². The number of aromatic nitrogens is 3. The van der Waals surface area contributed by atoms with Crippen LogP contribution in [-0.2, 0) is 12.0 Å². The minimum absolute atomic E-state index is 0.000952. The number of aryl methyl sites for hydroxylation is 1. The third kappa shape index (κ3) is 1.79. The molecule has 4 aliphatic rings. The molecule has 0 radical (unpaired) electrons. The Kier molecular flexibility index (Phi) is 2.81. The Hall–Kier alpha value is -1.10. The van der Waals surface area contributed by atoms with Crippen molar-refractivity contribution in [2.45, 2.75) is 56.9 Å². The van der Waals surface area contributed by atoms with Crippen molar-refractivity contribution in [3.05, 3.63) is 16.3 Å². The Morgan fingerprint density at radius 1 is 1.20 bits per heavy atom. The lowest BCUT2D eigenvalue weighted by Crippen LogP contribution is -2.54. The van der Waals surface area contributed by atoms with Crippen LogP contribution in [0.25, 0.3) is 0 Å². The molecule has 0 atom stereocenters. The fourth-order valence-corrected chi connectivity index (χ4v) is 5.59. The predicted molar refractivity (Wildman–Crippen MR) is 76.4 cm³/mol. The number of H-pyrrole nitrogens is 1. The van der Waals surface area contributed by atoms with Gasteiger partial charge in [-0.3, -0.25) is 4.57 Å². The molecule has 4 aliphatic carbocycles. The van der Waals surface area contributed by atoms with Crippen molar-refractivity contribution in [1.29, 1.82) is 0 Å². The number of hydrogen-bond acceptors (Lipinski definition) is 3. The van der Waals surface area contributed by atoms with Crippen LogP contribution < -0.4 is 11.4 Å². The highest BCUT2D eigenvalue weighted by Gasteiger charge is 2.53. The average Bonchev–Trinajstić information content (AvgIpc) is 2.76. The molecule has 0 aromatic carbocycles. The molecule has 110 valence electrons. The Bertz CT molecular complexity index is 523. The van der Waals surface area contributed by atoms with Crippen LogP contribution in [-0.4, -0.2) is 21.3 Å². The summed E-state index contributed by atoms with van der Waals surface area (Å²) in [5.74, 6) is 3.45. The van der Waals surface area contributed by atoms with Gasteiger partial charge in [-0.15, -0.1) is 0 Å². The van der Waals surface area contributed by atoms with E-state index in [1.165, 1.54) is 38.5 Å². The maximum Gasteiger partial charge on any atom is 0.343 e. The molecule has 4 bridgehead atoms. The van der Waals surface area contributed by atoms with E-state index in [1.807, 2.05) is 4.57 Å². The average molecular weight is 276 g/mol. The maximum absolute atomic E-state index is 12.3. The topological polar surface area (TPSA) is 76.7 Å². The van der Waals surface area contributed by atoms with Crippen molar-refractivity contribution >= 4 is 0 Å². The van der Waals surface area contributed by atoms with Gasteiger partial charge in [0.1, 0.15) is 5.82 Å². The fourth-order valence-electron chi connectivity index (χ4n) is 5.59. The summed E-state index contributed by atoms with van der Waals surface area (Å²) >= 11 is 0. The van der Waals surface area contributed by atoms with Crippen molar-refractivity contribution in [2.24, 2.45) is 23.5 Å². The fraction of sp³-hybridized carbons (Fsp3) is 0.867. The van der Waals surface area contributed by atoms with E-state index in [9.17, 15) is 4.79 Å². The molecular weight excluding hydrogens is 252 g/mol. The molecule has 0 spiro atoms. The van der Waals surface area contributed by atoms with E-state index in [0.717, 1.165) is 36.4 Å². The van der Waals surface area contributed by atoms with Gasteiger partial charge in [0, 0.05) is 6.42 Å². The lowest BCUT2D eigenvalue weighted by molar-refractivity contribution is -0.0461. The number of hydrogen-bond donors (Lipinski definition) is 2. The van der Waals surface area contributed by atoms with Crippen molar-refractivity contribution < 1.29 is 0 Å². The Morgan fingerprint density at radius 3 is 2.35 bits per heavy atom. The van der Waals surface area contributed by atoms with Crippen molar-refractivity contribution in [3.63, 3.8) is 0 Å². The Balaban J connectivity index is 1.73. The van der Waals surface area contributed by atoms with Gasteiger partial charge < -0.3 is 5.73 Å². The highest BCUT2D eigenvalue weighted by Crippen LogP contribution is 2.58. The van der Waals surface area contributed by atoms with E-state index in [0.29, 0.717) is 6.54 Å². The van der Waals surface area contributed by atoms with Crippen LogP contribution in [0.2, 0.25) is 0 Å². The summed E-state index contributed by atoms with van der Waals surface area (Å²) in [5.41, 5.74) is 5.69. The molecule has 1 aromatic rings. The van der Waals surface area contributed by atoms with Gasteiger partial charge in [-0.1, -0.05) is 0 Å². The molecule has 5 rings (SSSR count). The van der Waals surface area contributed by atoms with Gasteiger partial charge in [0.05, 0.1) is 5.54 Å². The molecule has 4 fully saturated rings. The second-order valence-electron chi connectivity index (χ2n) is 7.31. The van der Waals surface area contributed by atoms with E-state index >= 15 is 0 Å². The summed E-state index contributed by atoms with van der Waals surface area (Å²) in [6.07, 6.45) is 9.46. The molecule has 4 saturated carbocycles. The van der Waals surface area contributed by atoms with Crippen LogP contribution in [0.15, 0.2) is 4.79 Å². The van der Waals surface area contributed by atoms with Gasteiger partial charge in [0.25, 0.3) is 0 Å². The standard InChI is InChI=1S/C15H24N4O/c16-3-1-2-13-17-18-14(20)19(13)15-7-10-4-11(8-15)6-12(5-10)9-15/h10-12H,1-9,16H2,(H,18,20).